The molecule has 25 heavy (non-hydrogen) atoms. The number of benzene rings is 2. The topological polar surface area (TPSA) is 82.0 Å². The predicted molar refractivity (Wildman–Crippen MR) is 96.8 cm³/mol. The lowest BCUT2D eigenvalue weighted by Crippen LogP contribution is -2.36. The molecule has 6 nitrogen and oxygen atoms in total. The fourth-order valence-corrected chi connectivity index (χ4v) is 2.63. The third kappa shape index (κ3) is 3.52. The summed E-state index contributed by atoms with van der Waals surface area (Å²) in [6, 6.07) is 12.2. The zero-order valence-corrected chi connectivity index (χ0v) is 14.1. The summed E-state index contributed by atoms with van der Waals surface area (Å²) in [6.45, 7) is 3.83. The van der Waals surface area contributed by atoms with E-state index >= 15 is 0 Å². The normalized spacial score (nSPS) is 14.2. The van der Waals surface area contributed by atoms with E-state index in [2.05, 4.69) is 10.4 Å². The molecule has 0 saturated carbocycles. The Morgan fingerprint density at radius 3 is 2.68 bits per heavy atom. The van der Waals surface area contributed by atoms with Crippen LogP contribution in [0.3, 0.4) is 0 Å². The van der Waals surface area contributed by atoms with E-state index in [9.17, 15) is 14.7 Å². The number of nitrogens with one attached hydrogen (secondary N) is 1. The third-order valence-corrected chi connectivity index (χ3v) is 4.04. The van der Waals surface area contributed by atoms with Crippen LogP contribution < -0.4 is 10.3 Å². The Hall–Kier alpha value is -3.15. The van der Waals surface area contributed by atoms with Gasteiger partial charge in [0.05, 0.1) is 11.4 Å². The number of nitrogens with zero attached hydrogens (tertiary/aromatic N) is 2. The Morgan fingerprint density at radius 2 is 1.92 bits per heavy atom. The molecule has 0 atom stereocenters. The van der Waals surface area contributed by atoms with E-state index in [-0.39, 0.29) is 30.2 Å². The average Bonchev–Trinajstić information content (AvgIpc) is 2.59. The van der Waals surface area contributed by atoms with Crippen molar-refractivity contribution in [1.82, 2.24) is 0 Å². The van der Waals surface area contributed by atoms with Crippen molar-refractivity contribution < 1.29 is 14.7 Å². The molecule has 0 aliphatic carbocycles. The van der Waals surface area contributed by atoms with Crippen molar-refractivity contribution in [1.29, 1.82) is 0 Å². The number of hydrogen-bond acceptors (Lipinski definition) is 4. The molecule has 0 spiro atoms. The summed E-state index contributed by atoms with van der Waals surface area (Å²) in [7, 11) is 0. The smallest absolute Gasteiger partial charge is 0.271 e. The van der Waals surface area contributed by atoms with Crippen LogP contribution in [0.4, 0.5) is 11.4 Å². The molecule has 0 fully saturated rings. The van der Waals surface area contributed by atoms with E-state index in [1.165, 1.54) is 11.1 Å². The summed E-state index contributed by atoms with van der Waals surface area (Å²) in [5, 5.41) is 18.0. The lowest BCUT2D eigenvalue weighted by Gasteiger charge is -2.24. The summed E-state index contributed by atoms with van der Waals surface area (Å²) >= 11 is 0. The molecule has 6 heteroatoms. The summed E-state index contributed by atoms with van der Waals surface area (Å²) < 4.78 is 0. The predicted octanol–water partition coefficient (Wildman–Crippen LogP) is 3.13. The Balaban J connectivity index is 1.89. The fraction of sp³-hybridized carbons (Fsp3) is 0.211. The molecule has 2 aromatic rings. The van der Waals surface area contributed by atoms with Gasteiger partial charge in [-0.1, -0.05) is 24.3 Å². The summed E-state index contributed by atoms with van der Waals surface area (Å²) in [6.07, 6.45) is 0.472. The van der Waals surface area contributed by atoms with Crippen LogP contribution in [0.15, 0.2) is 47.6 Å². The highest BCUT2D eigenvalue weighted by Gasteiger charge is 2.26. The summed E-state index contributed by atoms with van der Waals surface area (Å²) in [5.74, 6) is -0.591. The number of rotatable bonds is 3. The zero-order chi connectivity index (χ0) is 18.0. The molecule has 0 radical (unpaired) electrons. The number of amides is 2. The van der Waals surface area contributed by atoms with Gasteiger partial charge >= 0.3 is 0 Å². The summed E-state index contributed by atoms with van der Waals surface area (Å²) in [4.78, 5) is 24.8. The second-order valence-corrected chi connectivity index (χ2v) is 6.01. The first-order chi connectivity index (χ1) is 12.0. The Morgan fingerprint density at radius 1 is 1.16 bits per heavy atom. The highest BCUT2D eigenvalue weighted by molar-refractivity contribution is 6.44. The SMILES string of the molecule is Cc1ccc(C)c(N2N=C(C(=O)Nc3ccccc3O)CCC2=O)c1. The standard InChI is InChI=1S/C19H19N3O3/c1-12-7-8-13(2)16(11-12)22-18(24)10-9-15(21-22)19(25)20-14-5-3-4-6-17(14)23/h3-8,11,23H,9-10H2,1-2H3,(H,20,25). The first kappa shape index (κ1) is 16.7. The Labute approximate surface area is 145 Å². The monoisotopic (exact) mass is 337 g/mol. The lowest BCUT2D eigenvalue weighted by molar-refractivity contribution is -0.118. The van der Waals surface area contributed by atoms with E-state index in [1.54, 1.807) is 18.2 Å². The number of para-hydroxylation sites is 2. The van der Waals surface area contributed by atoms with Gasteiger partial charge in [-0.3, -0.25) is 9.59 Å². The molecule has 2 N–H and O–H groups in total. The molecule has 0 unspecified atom stereocenters. The number of aromatic hydroxyl groups is 1. The second-order valence-electron chi connectivity index (χ2n) is 6.01. The number of aryl methyl sites for hydroxylation is 2. The molecule has 2 aromatic carbocycles. The van der Waals surface area contributed by atoms with Crippen LogP contribution >= 0.6 is 0 Å². The number of phenolic OH excluding ortho intramolecular Hbond substituents is 1. The highest BCUT2D eigenvalue weighted by Crippen LogP contribution is 2.26. The Bertz CT molecular complexity index is 874. The molecular weight excluding hydrogens is 318 g/mol. The van der Waals surface area contributed by atoms with E-state index in [0.717, 1.165) is 11.1 Å². The number of anilines is 2. The maximum absolute atomic E-state index is 12.5. The van der Waals surface area contributed by atoms with Crippen molar-refractivity contribution in [2.45, 2.75) is 26.7 Å². The van der Waals surface area contributed by atoms with Gasteiger partial charge in [-0.05, 0) is 43.2 Å². The van der Waals surface area contributed by atoms with E-state index in [0.29, 0.717) is 11.4 Å². The molecule has 1 aliphatic heterocycles. The Kier molecular flexibility index (Phi) is 4.52. The van der Waals surface area contributed by atoms with Crippen molar-refractivity contribution in [2.24, 2.45) is 5.10 Å². The van der Waals surface area contributed by atoms with Crippen molar-refractivity contribution in [3.63, 3.8) is 0 Å². The molecule has 0 saturated heterocycles. The molecule has 1 aliphatic rings. The first-order valence-corrected chi connectivity index (χ1v) is 8.03. The minimum Gasteiger partial charge on any atom is -0.506 e. The van der Waals surface area contributed by atoms with Gasteiger partial charge in [0.25, 0.3) is 5.91 Å². The molecule has 0 bridgehead atoms. The minimum absolute atomic E-state index is 0.0188. The minimum atomic E-state index is -0.427. The molecular formula is C19H19N3O3. The van der Waals surface area contributed by atoms with Crippen molar-refractivity contribution in [3.05, 3.63) is 53.6 Å². The van der Waals surface area contributed by atoms with Crippen molar-refractivity contribution >= 4 is 28.9 Å². The van der Waals surface area contributed by atoms with Gasteiger partial charge in [-0.2, -0.15) is 5.10 Å². The zero-order valence-electron chi connectivity index (χ0n) is 14.1. The van der Waals surface area contributed by atoms with Gasteiger partial charge in [0.2, 0.25) is 5.91 Å². The maximum Gasteiger partial charge on any atom is 0.271 e. The summed E-state index contributed by atoms with van der Waals surface area (Å²) in [5.41, 5.74) is 3.16. The van der Waals surface area contributed by atoms with Crippen molar-refractivity contribution in [3.8, 4) is 5.75 Å². The number of hydrazone groups is 1. The number of hydrogen-bond donors (Lipinski definition) is 2. The van der Waals surface area contributed by atoms with Crippen LogP contribution in [0.25, 0.3) is 0 Å². The van der Waals surface area contributed by atoms with Crippen LogP contribution in [-0.4, -0.2) is 22.6 Å². The highest BCUT2D eigenvalue weighted by atomic mass is 16.3. The van der Waals surface area contributed by atoms with Gasteiger partial charge in [0, 0.05) is 12.8 Å². The quantitative estimate of drug-likeness (QED) is 0.844. The van der Waals surface area contributed by atoms with Crippen LogP contribution in [0.1, 0.15) is 24.0 Å². The van der Waals surface area contributed by atoms with Crippen LogP contribution in [0.2, 0.25) is 0 Å². The number of carbonyl (C=O) groups is 2. The van der Waals surface area contributed by atoms with E-state index in [4.69, 9.17) is 0 Å². The molecule has 3 rings (SSSR count). The fourth-order valence-electron chi connectivity index (χ4n) is 2.63. The molecule has 1 heterocycles. The third-order valence-electron chi connectivity index (χ3n) is 4.04. The first-order valence-electron chi connectivity index (χ1n) is 8.03. The maximum atomic E-state index is 12.5. The van der Waals surface area contributed by atoms with Gasteiger partial charge in [-0.25, -0.2) is 5.01 Å². The van der Waals surface area contributed by atoms with E-state index < -0.39 is 5.91 Å². The molecule has 128 valence electrons. The molecule has 0 aromatic heterocycles. The average molecular weight is 337 g/mol. The van der Waals surface area contributed by atoms with Crippen LogP contribution in [0.5, 0.6) is 5.75 Å². The number of carbonyl (C=O) groups excluding carboxylic acids is 2. The van der Waals surface area contributed by atoms with Crippen LogP contribution in [0, 0.1) is 13.8 Å². The number of phenols is 1. The van der Waals surface area contributed by atoms with Gasteiger partial charge in [0.15, 0.2) is 0 Å². The second kappa shape index (κ2) is 6.76. The molecule has 2 amide bonds. The van der Waals surface area contributed by atoms with Gasteiger partial charge in [0.1, 0.15) is 11.5 Å². The van der Waals surface area contributed by atoms with E-state index in [1.807, 2.05) is 32.0 Å². The van der Waals surface area contributed by atoms with Gasteiger partial charge in [-0.15, -0.1) is 0 Å². The largest absolute Gasteiger partial charge is 0.506 e. The van der Waals surface area contributed by atoms with Crippen LogP contribution in [-0.2, 0) is 9.59 Å². The lowest BCUT2D eigenvalue weighted by atomic mass is 10.1. The van der Waals surface area contributed by atoms with Crippen molar-refractivity contribution in [2.75, 3.05) is 10.3 Å². The van der Waals surface area contributed by atoms with Gasteiger partial charge < -0.3 is 10.4 Å².